The maximum Gasteiger partial charge on any atom is 0.260 e. The van der Waals surface area contributed by atoms with Crippen molar-refractivity contribution in [2.75, 3.05) is 0 Å². The third-order valence-electron chi connectivity index (χ3n) is 3.30. The molecular weight excluding hydrogens is 400 g/mol. The van der Waals surface area contributed by atoms with Gasteiger partial charge in [-0.1, -0.05) is 46.3 Å². The van der Waals surface area contributed by atoms with E-state index in [1.807, 2.05) is 31.2 Å². The van der Waals surface area contributed by atoms with Gasteiger partial charge in [-0.05, 0) is 31.0 Å². The fourth-order valence-corrected chi connectivity index (χ4v) is 4.65. The number of fused-ring (bicyclic) bond motifs is 1. The molecule has 9 heteroatoms. The molecule has 0 amide bonds. The summed E-state index contributed by atoms with van der Waals surface area (Å²) in [5, 5.41) is 5.30. The van der Waals surface area contributed by atoms with Gasteiger partial charge in [0.05, 0.1) is 5.69 Å². The summed E-state index contributed by atoms with van der Waals surface area (Å²) in [7, 11) is -3.69. The van der Waals surface area contributed by atoms with Gasteiger partial charge in [-0.25, -0.2) is 18.1 Å². The second-order valence-corrected chi connectivity index (χ2v) is 8.64. The average Bonchev–Trinajstić information content (AvgIpc) is 3.02. The zero-order valence-corrected chi connectivity index (χ0v) is 15.8. The molecule has 0 atom stereocenters. The first-order chi connectivity index (χ1) is 10.9. The van der Waals surface area contributed by atoms with E-state index in [-0.39, 0.29) is 11.6 Å². The topological polar surface area (TPSA) is 76.4 Å². The Hall–Kier alpha value is -1.29. The van der Waals surface area contributed by atoms with Crippen molar-refractivity contribution in [1.29, 1.82) is 0 Å². The van der Waals surface area contributed by atoms with Crippen molar-refractivity contribution < 1.29 is 8.42 Å². The van der Waals surface area contributed by atoms with E-state index in [1.165, 1.54) is 15.9 Å². The van der Waals surface area contributed by atoms with E-state index in [0.29, 0.717) is 10.7 Å². The first-order valence-electron chi connectivity index (χ1n) is 7.00. The van der Waals surface area contributed by atoms with Crippen molar-refractivity contribution in [3.05, 3.63) is 45.0 Å². The molecule has 3 rings (SSSR count). The van der Waals surface area contributed by atoms with Gasteiger partial charge in [-0.3, -0.25) is 0 Å². The van der Waals surface area contributed by atoms with Crippen LogP contribution in [0.5, 0.6) is 0 Å². The van der Waals surface area contributed by atoms with Gasteiger partial charge in [0.25, 0.3) is 10.0 Å². The van der Waals surface area contributed by atoms with Crippen molar-refractivity contribution in [3.63, 3.8) is 0 Å². The minimum atomic E-state index is -3.69. The molecule has 0 saturated heterocycles. The molecule has 1 aromatic carbocycles. The van der Waals surface area contributed by atoms with Crippen molar-refractivity contribution in [2.24, 2.45) is 0 Å². The lowest BCUT2D eigenvalue weighted by molar-refractivity contribution is 0.572. The molecule has 0 radical (unpaired) electrons. The molecule has 2 heterocycles. The van der Waals surface area contributed by atoms with Gasteiger partial charge in [-0.2, -0.15) is 9.61 Å². The van der Waals surface area contributed by atoms with Crippen LogP contribution in [0, 0.1) is 6.92 Å². The predicted molar refractivity (Wildman–Crippen MR) is 93.1 cm³/mol. The molecule has 3 aromatic rings. The number of imidazole rings is 1. The molecule has 0 bridgehead atoms. The van der Waals surface area contributed by atoms with Crippen LogP contribution in [0.4, 0.5) is 0 Å². The molecule has 0 aliphatic heterocycles. The van der Waals surface area contributed by atoms with Gasteiger partial charge < -0.3 is 0 Å². The smallest absolute Gasteiger partial charge is 0.221 e. The monoisotopic (exact) mass is 414 g/mol. The highest BCUT2D eigenvalue weighted by Crippen LogP contribution is 2.22. The Bertz CT molecular complexity index is 945. The largest absolute Gasteiger partial charge is 0.260 e. The van der Waals surface area contributed by atoms with E-state index in [1.54, 1.807) is 6.92 Å². The normalized spacial score (nSPS) is 12.1. The first-order valence-corrected chi connectivity index (χ1v) is 10.1. The van der Waals surface area contributed by atoms with E-state index < -0.39 is 10.0 Å². The first kappa shape index (κ1) is 16.6. The summed E-state index contributed by atoms with van der Waals surface area (Å²) in [6.07, 6.45) is 0.749. The number of rotatable bonds is 5. The fourth-order valence-electron chi connectivity index (χ4n) is 2.17. The maximum absolute atomic E-state index is 12.6. The summed E-state index contributed by atoms with van der Waals surface area (Å²) in [4.78, 5) is 4.91. The molecule has 0 aliphatic rings. The van der Waals surface area contributed by atoms with Crippen molar-refractivity contribution in [3.8, 4) is 0 Å². The van der Waals surface area contributed by atoms with Crippen LogP contribution in [-0.4, -0.2) is 23.0 Å². The number of aryl methyl sites for hydroxylation is 2. The summed E-state index contributed by atoms with van der Waals surface area (Å²) in [5.74, 6) is 0. The Kier molecular flexibility index (Phi) is 4.54. The van der Waals surface area contributed by atoms with Crippen molar-refractivity contribution in [2.45, 2.75) is 31.8 Å². The zero-order valence-electron chi connectivity index (χ0n) is 12.6. The predicted octanol–water partition coefficient (Wildman–Crippen LogP) is 2.90. The molecule has 2 aromatic heterocycles. The van der Waals surface area contributed by atoms with Gasteiger partial charge in [0, 0.05) is 11.0 Å². The summed E-state index contributed by atoms with van der Waals surface area (Å²) in [6.45, 7) is 3.87. The van der Waals surface area contributed by atoms with E-state index in [4.69, 9.17) is 0 Å². The number of nitrogens with zero attached hydrogens (tertiary/aromatic N) is 3. The van der Waals surface area contributed by atoms with Crippen LogP contribution in [-0.2, 0) is 23.0 Å². The van der Waals surface area contributed by atoms with Gasteiger partial charge in [0.2, 0.25) is 4.96 Å². The van der Waals surface area contributed by atoms with Crippen LogP contribution in [0.3, 0.4) is 0 Å². The van der Waals surface area contributed by atoms with E-state index in [2.05, 4.69) is 30.7 Å². The number of halogens is 1. The van der Waals surface area contributed by atoms with Gasteiger partial charge >= 0.3 is 0 Å². The van der Waals surface area contributed by atoms with Gasteiger partial charge in [0.15, 0.2) is 5.03 Å². The molecule has 122 valence electrons. The SMILES string of the molecule is CCc1nn2c(S(=O)(=O)NCc3ccc(Br)cc3)c(C)nc2s1. The quantitative estimate of drug-likeness (QED) is 0.695. The number of sulfonamides is 1. The molecular formula is C14H15BrN4O2S2. The Morgan fingerprint density at radius 3 is 2.65 bits per heavy atom. The Morgan fingerprint density at radius 1 is 1.30 bits per heavy atom. The second-order valence-electron chi connectivity index (χ2n) is 5.00. The molecule has 0 unspecified atom stereocenters. The number of nitrogens with one attached hydrogen (secondary N) is 1. The zero-order chi connectivity index (χ0) is 16.6. The van der Waals surface area contributed by atoms with Crippen LogP contribution in [0.2, 0.25) is 0 Å². The van der Waals surface area contributed by atoms with E-state index in [9.17, 15) is 8.42 Å². The Labute approximate surface area is 146 Å². The van der Waals surface area contributed by atoms with Gasteiger partial charge in [0.1, 0.15) is 5.01 Å². The summed E-state index contributed by atoms with van der Waals surface area (Å²) in [5.41, 5.74) is 1.33. The molecule has 0 saturated carbocycles. The van der Waals surface area contributed by atoms with Gasteiger partial charge in [-0.15, -0.1) is 0 Å². The number of hydrogen-bond donors (Lipinski definition) is 1. The lowest BCUT2D eigenvalue weighted by Crippen LogP contribution is -2.25. The Morgan fingerprint density at radius 2 is 2.00 bits per heavy atom. The lowest BCUT2D eigenvalue weighted by atomic mass is 10.2. The number of aromatic nitrogens is 3. The van der Waals surface area contributed by atoms with Crippen LogP contribution in [0.1, 0.15) is 23.2 Å². The highest BCUT2D eigenvalue weighted by atomic mass is 79.9. The van der Waals surface area contributed by atoms with Crippen LogP contribution < -0.4 is 4.72 Å². The molecule has 0 fully saturated rings. The van der Waals surface area contributed by atoms with E-state index >= 15 is 0 Å². The van der Waals surface area contributed by atoms with Crippen LogP contribution in [0.15, 0.2) is 33.8 Å². The van der Waals surface area contributed by atoms with E-state index in [0.717, 1.165) is 21.5 Å². The molecule has 1 N–H and O–H groups in total. The van der Waals surface area contributed by atoms with Crippen LogP contribution in [0.25, 0.3) is 4.96 Å². The Balaban J connectivity index is 1.91. The molecule has 23 heavy (non-hydrogen) atoms. The summed E-state index contributed by atoms with van der Waals surface area (Å²) < 4.78 is 30.3. The minimum Gasteiger partial charge on any atom is -0.221 e. The van der Waals surface area contributed by atoms with Crippen LogP contribution >= 0.6 is 27.3 Å². The highest BCUT2D eigenvalue weighted by molar-refractivity contribution is 9.10. The lowest BCUT2D eigenvalue weighted by Gasteiger charge is -2.06. The van der Waals surface area contributed by atoms with Crippen molar-refractivity contribution in [1.82, 2.24) is 19.3 Å². The third-order valence-corrected chi connectivity index (χ3v) is 6.39. The second kappa shape index (κ2) is 6.31. The molecule has 6 nitrogen and oxygen atoms in total. The maximum atomic E-state index is 12.6. The third kappa shape index (κ3) is 3.32. The molecule has 0 spiro atoms. The summed E-state index contributed by atoms with van der Waals surface area (Å²) >= 11 is 4.76. The summed E-state index contributed by atoms with van der Waals surface area (Å²) in [6, 6.07) is 7.48. The van der Waals surface area contributed by atoms with Crippen molar-refractivity contribution >= 4 is 42.3 Å². The average molecular weight is 415 g/mol. The standard InChI is InChI=1S/C14H15BrN4O2S2/c1-3-12-18-19-13(9(2)17-14(19)22-12)23(20,21)16-8-10-4-6-11(15)7-5-10/h4-7,16H,3,8H2,1-2H3. The molecule has 0 aliphatic carbocycles. The number of benzene rings is 1. The minimum absolute atomic E-state index is 0.112. The number of hydrogen-bond acceptors (Lipinski definition) is 5. The highest BCUT2D eigenvalue weighted by Gasteiger charge is 2.25. The fraction of sp³-hybridized carbons (Fsp3) is 0.286.